The summed E-state index contributed by atoms with van der Waals surface area (Å²) in [6.45, 7) is 1.93. The monoisotopic (exact) mass is 534 g/mol. The number of aryl methyl sites for hydroxylation is 1. The normalized spacial score (nSPS) is 15.6. The molecule has 1 N–H and O–H groups in total. The van der Waals surface area contributed by atoms with Gasteiger partial charge in [0.1, 0.15) is 18.3 Å². The molecule has 1 aliphatic heterocycles. The number of hydrogen-bond acceptors (Lipinski definition) is 6. The van der Waals surface area contributed by atoms with E-state index in [4.69, 9.17) is 0 Å². The molecule has 9 nitrogen and oxygen atoms in total. The number of rotatable bonds is 6. The van der Waals surface area contributed by atoms with E-state index in [-0.39, 0.29) is 37.2 Å². The van der Waals surface area contributed by atoms with Crippen LogP contribution in [0.4, 0.5) is 0 Å². The van der Waals surface area contributed by atoms with Crippen LogP contribution in [-0.2, 0) is 17.9 Å². The first kappa shape index (κ1) is 23.1. The summed E-state index contributed by atoms with van der Waals surface area (Å²) in [6, 6.07) is 15.6. The fourth-order valence-electron chi connectivity index (χ4n) is 4.19. The van der Waals surface area contributed by atoms with Crippen LogP contribution in [0.25, 0.3) is 11.0 Å². The van der Waals surface area contributed by atoms with Gasteiger partial charge >= 0.3 is 0 Å². The highest BCUT2D eigenvalue weighted by Crippen LogP contribution is 2.33. The topological polar surface area (TPSA) is 106 Å². The second kappa shape index (κ2) is 9.55. The molecular weight excluding hydrogens is 512 g/mol. The fourth-order valence-corrected chi connectivity index (χ4v) is 4.46. The molecule has 0 spiro atoms. The summed E-state index contributed by atoms with van der Waals surface area (Å²) < 4.78 is 3.70. The summed E-state index contributed by atoms with van der Waals surface area (Å²) in [5, 5.41) is 19.8. The summed E-state index contributed by atoms with van der Waals surface area (Å²) in [7, 11) is 0. The van der Waals surface area contributed by atoms with E-state index < -0.39 is 0 Å². The van der Waals surface area contributed by atoms with Crippen LogP contribution in [0.2, 0.25) is 0 Å². The highest BCUT2D eigenvalue weighted by atomic mass is 79.9. The molecule has 1 atom stereocenters. The number of aliphatic hydroxyl groups excluding tert-OH is 1. The van der Waals surface area contributed by atoms with Crippen LogP contribution in [0.15, 0.2) is 75.4 Å². The third-order valence-electron chi connectivity index (χ3n) is 6.05. The van der Waals surface area contributed by atoms with Crippen molar-refractivity contribution in [2.75, 3.05) is 6.61 Å². The lowest BCUT2D eigenvalue weighted by molar-refractivity contribution is -0.133. The molecule has 0 bridgehead atoms. The molecule has 0 saturated carbocycles. The molecule has 0 fully saturated rings. The number of benzene rings is 2. The predicted octanol–water partition coefficient (Wildman–Crippen LogP) is 3.03. The van der Waals surface area contributed by atoms with Crippen LogP contribution in [0, 0.1) is 6.92 Å². The molecule has 1 amide bonds. The van der Waals surface area contributed by atoms with Gasteiger partial charge in [0.05, 0.1) is 31.1 Å². The first-order chi connectivity index (χ1) is 16.9. The van der Waals surface area contributed by atoms with Gasteiger partial charge in [-0.15, -0.1) is 0 Å². The number of aromatic nitrogens is 4. The van der Waals surface area contributed by atoms with Crippen LogP contribution in [0.5, 0.6) is 0 Å². The third kappa shape index (κ3) is 4.54. The molecule has 4 aromatic rings. The van der Waals surface area contributed by atoms with E-state index in [1.54, 1.807) is 0 Å². The van der Waals surface area contributed by atoms with E-state index >= 15 is 0 Å². The van der Waals surface area contributed by atoms with Gasteiger partial charge in [0.25, 0.3) is 11.5 Å². The minimum Gasteiger partial charge on any atom is -0.394 e. The molecule has 178 valence electrons. The smallest absolute Gasteiger partial charge is 0.264 e. The average molecular weight is 535 g/mol. The van der Waals surface area contributed by atoms with Crippen LogP contribution in [0.3, 0.4) is 0 Å². The molecule has 3 heterocycles. The summed E-state index contributed by atoms with van der Waals surface area (Å²) >= 11 is 3.45. The largest absolute Gasteiger partial charge is 0.394 e. The molecule has 1 unspecified atom stereocenters. The maximum absolute atomic E-state index is 13.5. The molecule has 35 heavy (non-hydrogen) atoms. The maximum Gasteiger partial charge on any atom is 0.264 e. The van der Waals surface area contributed by atoms with Crippen molar-refractivity contribution in [1.29, 1.82) is 0 Å². The van der Waals surface area contributed by atoms with E-state index in [0.717, 1.165) is 26.9 Å². The van der Waals surface area contributed by atoms with Gasteiger partial charge in [0.15, 0.2) is 5.65 Å². The summed E-state index contributed by atoms with van der Waals surface area (Å²) in [6.07, 6.45) is 3.32. The van der Waals surface area contributed by atoms with Crippen molar-refractivity contribution in [2.24, 2.45) is 5.10 Å². The van der Waals surface area contributed by atoms with E-state index in [0.29, 0.717) is 17.5 Å². The number of nitrogens with zero attached hydrogens (tertiary/aromatic N) is 6. The van der Waals surface area contributed by atoms with Crippen LogP contribution in [0.1, 0.15) is 29.2 Å². The van der Waals surface area contributed by atoms with Gasteiger partial charge in [-0.3, -0.25) is 14.2 Å². The molecule has 0 aliphatic carbocycles. The highest BCUT2D eigenvalue weighted by molar-refractivity contribution is 9.10. The Bertz CT molecular complexity index is 1470. The van der Waals surface area contributed by atoms with E-state index in [1.807, 2.05) is 55.5 Å². The molecule has 1 aliphatic rings. The third-order valence-corrected chi connectivity index (χ3v) is 6.57. The number of carbonyl (C=O) groups is 1. The van der Waals surface area contributed by atoms with Crippen molar-refractivity contribution in [3.63, 3.8) is 0 Å². The van der Waals surface area contributed by atoms with E-state index in [9.17, 15) is 14.7 Å². The van der Waals surface area contributed by atoms with Gasteiger partial charge in [-0.2, -0.15) is 10.2 Å². The van der Waals surface area contributed by atoms with Crippen molar-refractivity contribution in [3.05, 3.63) is 92.6 Å². The van der Waals surface area contributed by atoms with Crippen LogP contribution < -0.4 is 5.56 Å². The fraction of sp³-hybridized carbons (Fsp3) is 0.240. The first-order valence-electron chi connectivity index (χ1n) is 11.2. The zero-order valence-electron chi connectivity index (χ0n) is 19.0. The van der Waals surface area contributed by atoms with Crippen molar-refractivity contribution < 1.29 is 9.90 Å². The second-order valence-electron chi connectivity index (χ2n) is 8.43. The Morgan fingerprint density at radius 2 is 1.89 bits per heavy atom. The Morgan fingerprint density at radius 3 is 2.60 bits per heavy atom. The maximum atomic E-state index is 13.5. The number of amides is 1. The number of carbonyl (C=O) groups excluding carboxylic acids is 1. The SMILES string of the molecule is Cc1ccc(C2CC(c3ccc(Br)cc3)=NN2C(=O)Cn2cnc3c(cnn3CCO)c2=O)cc1. The Labute approximate surface area is 209 Å². The van der Waals surface area contributed by atoms with Crippen LogP contribution in [-0.4, -0.2) is 47.7 Å². The van der Waals surface area contributed by atoms with E-state index in [2.05, 4.69) is 31.1 Å². The Morgan fingerprint density at radius 1 is 1.14 bits per heavy atom. The second-order valence-corrected chi connectivity index (χ2v) is 9.34. The van der Waals surface area contributed by atoms with Crippen molar-refractivity contribution in [1.82, 2.24) is 24.3 Å². The minimum atomic E-state index is -0.365. The van der Waals surface area contributed by atoms with Crippen molar-refractivity contribution in [2.45, 2.75) is 32.5 Å². The Hall–Kier alpha value is -3.63. The Kier molecular flexibility index (Phi) is 6.31. The lowest BCUT2D eigenvalue weighted by Gasteiger charge is -2.22. The number of hydrogen-bond donors (Lipinski definition) is 1. The molecule has 2 aromatic heterocycles. The van der Waals surface area contributed by atoms with Crippen molar-refractivity contribution >= 4 is 38.6 Å². The lowest BCUT2D eigenvalue weighted by atomic mass is 9.98. The van der Waals surface area contributed by atoms with Gasteiger partial charge in [0.2, 0.25) is 0 Å². The number of aliphatic hydroxyl groups is 1. The molecule has 2 aromatic carbocycles. The lowest BCUT2D eigenvalue weighted by Crippen LogP contribution is -2.34. The van der Waals surface area contributed by atoms with Gasteiger partial charge < -0.3 is 5.11 Å². The van der Waals surface area contributed by atoms with Gasteiger partial charge in [-0.05, 0) is 30.2 Å². The summed E-state index contributed by atoms with van der Waals surface area (Å²) in [5.74, 6) is -0.311. The predicted molar refractivity (Wildman–Crippen MR) is 135 cm³/mol. The van der Waals surface area contributed by atoms with Gasteiger partial charge in [-0.25, -0.2) is 14.7 Å². The standard InChI is InChI=1S/C25H23BrN6O3/c1-16-2-4-18(5-3-16)22-12-21(17-6-8-19(26)9-7-17)29-32(22)23(34)14-30-15-27-24-20(25(30)35)13-28-31(24)10-11-33/h2-9,13,15,22,33H,10-12,14H2,1H3. The Balaban J connectivity index is 1.47. The molecule has 0 radical (unpaired) electrons. The quantitative estimate of drug-likeness (QED) is 0.409. The number of hydrazone groups is 1. The zero-order valence-corrected chi connectivity index (χ0v) is 20.6. The highest BCUT2D eigenvalue weighted by Gasteiger charge is 2.33. The summed E-state index contributed by atoms with van der Waals surface area (Å²) in [4.78, 5) is 30.8. The van der Waals surface area contributed by atoms with Crippen molar-refractivity contribution in [3.8, 4) is 0 Å². The average Bonchev–Trinajstić information content (AvgIpc) is 3.48. The molecular formula is C25H23BrN6O3. The number of fused-ring (bicyclic) bond motifs is 1. The minimum absolute atomic E-state index is 0.117. The molecule has 0 saturated heterocycles. The molecule has 5 rings (SSSR count). The first-order valence-corrected chi connectivity index (χ1v) is 12.0. The summed E-state index contributed by atoms with van der Waals surface area (Å²) in [5.41, 5.74) is 3.87. The van der Waals surface area contributed by atoms with E-state index in [1.165, 1.54) is 26.8 Å². The van der Waals surface area contributed by atoms with Gasteiger partial charge in [0, 0.05) is 10.9 Å². The van der Waals surface area contributed by atoms with Crippen LogP contribution >= 0.6 is 15.9 Å². The number of halogens is 1. The molecule has 10 heteroatoms. The zero-order chi connectivity index (χ0) is 24.5. The van der Waals surface area contributed by atoms with Gasteiger partial charge in [-0.1, -0.05) is 57.9 Å².